The minimum atomic E-state index is -0.606. The molecule has 0 rings (SSSR count). The SMILES string of the molecule is CCC(Cl)C[Si](C)Cl. The molecule has 0 amide bonds. The van der Waals surface area contributed by atoms with E-state index in [1.54, 1.807) is 0 Å². The fourth-order valence-electron chi connectivity index (χ4n) is 0.450. The normalized spacial score (nSPS) is 14.6. The Bertz CT molecular complexity index is 56.4. The molecule has 0 saturated heterocycles. The van der Waals surface area contributed by atoms with Crippen LogP contribution in [0, 0.1) is 0 Å². The van der Waals surface area contributed by atoms with Crippen molar-refractivity contribution in [3.05, 3.63) is 0 Å². The first kappa shape index (κ1) is 8.80. The van der Waals surface area contributed by atoms with E-state index in [-0.39, 0.29) is 0 Å². The van der Waals surface area contributed by atoms with Crippen LogP contribution < -0.4 is 0 Å². The molecule has 0 aliphatic heterocycles. The highest BCUT2D eigenvalue weighted by atomic mass is 35.6. The smallest absolute Gasteiger partial charge is 0.163 e. The zero-order valence-electron chi connectivity index (χ0n) is 5.25. The number of rotatable bonds is 3. The third-order valence-electron chi connectivity index (χ3n) is 0.946. The molecule has 1 atom stereocenters. The molecule has 3 heteroatoms. The lowest BCUT2D eigenvalue weighted by Gasteiger charge is -2.03. The van der Waals surface area contributed by atoms with Gasteiger partial charge >= 0.3 is 0 Å². The van der Waals surface area contributed by atoms with E-state index in [0.717, 1.165) is 12.5 Å². The number of alkyl halides is 1. The first-order valence-electron chi connectivity index (χ1n) is 2.78. The number of halogens is 2. The van der Waals surface area contributed by atoms with Gasteiger partial charge < -0.3 is 0 Å². The van der Waals surface area contributed by atoms with Crippen LogP contribution in [0.3, 0.4) is 0 Å². The van der Waals surface area contributed by atoms with Crippen LogP contribution in [0.5, 0.6) is 0 Å². The lowest BCUT2D eigenvalue weighted by Crippen LogP contribution is -2.05. The molecule has 0 aromatic carbocycles. The van der Waals surface area contributed by atoms with Crippen molar-refractivity contribution in [3.63, 3.8) is 0 Å². The summed E-state index contributed by atoms with van der Waals surface area (Å²) in [6.07, 6.45) is 1.04. The van der Waals surface area contributed by atoms with E-state index < -0.39 is 8.11 Å². The molecule has 49 valence electrons. The molecule has 0 heterocycles. The van der Waals surface area contributed by atoms with Gasteiger partial charge in [0.1, 0.15) is 0 Å². The molecule has 1 radical (unpaired) electrons. The summed E-state index contributed by atoms with van der Waals surface area (Å²) in [5.41, 5.74) is 0. The second-order valence-electron chi connectivity index (χ2n) is 1.89. The number of hydrogen-bond donors (Lipinski definition) is 0. The minimum absolute atomic E-state index is 0.311. The van der Waals surface area contributed by atoms with Crippen molar-refractivity contribution in [3.8, 4) is 0 Å². The Hall–Kier alpha value is 0.797. The van der Waals surface area contributed by atoms with E-state index in [2.05, 4.69) is 13.5 Å². The van der Waals surface area contributed by atoms with E-state index in [4.69, 9.17) is 22.7 Å². The van der Waals surface area contributed by atoms with Gasteiger partial charge in [-0.2, -0.15) is 11.1 Å². The maximum Gasteiger partial charge on any atom is 0.163 e. The molecular formula is C5H11Cl2Si. The maximum atomic E-state index is 5.80. The van der Waals surface area contributed by atoms with Crippen LogP contribution in [0.15, 0.2) is 0 Å². The average molecular weight is 170 g/mol. The van der Waals surface area contributed by atoms with Gasteiger partial charge in [-0.3, -0.25) is 0 Å². The molecule has 8 heavy (non-hydrogen) atoms. The van der Waals surface area contributed by atoms with E-state index in [9.17, 15) is 0 Å². The second-order valence-corrected chi connectivity index (χ2v) is 6.20. The zero-order valence-corrected chi connectivity index (χ0v) is 7.76. The highest BCUT2D eigenvalue weighted by Gasteiger charge is 2.06. The third-order valence-corrected chi connectivity index (χ3v) is 3.19. The van der Waals surface area contributed by atoms with Crippen molar-refractivity contribution >= 4 is 30.8 Å². The van der Waals surface area contributed by atoms with E-state index in [1.807, 2.05) is 0 Å². The van der Waals surface area contributed by atoms with Crippen LogP contribution in [0.1, 0.15) is 13.3 Å². The fourth-order valence-corrected chi connectivity index (χ4v) is 2.84. The van der Waals surface area contributed by atoms with Crippen molar-refractivity contribution in [2.45, 2.75) is 31.3 Å². The summed E-state index contributed by atoms with van der Waals surface area (Å²) in [6.45, 7) is 4.15. The van der Waals surface area contributed by atoms with Gasteiger partial charge in [-0.1, -0.05) is 13.5 Å². The fraction of sp³-hybridized carbons (Fsp3) is 1.00. The van der Waals surface area contributed by atoms with Crippen molar-refractivity contribution in [2.24, 2.45) is 0 Å². The zero-order chi connectivity index (χ0) is 6.57. The molecule has 0 aliphatic rings. The summed E-state index contributed by atoms with van der Waals surface area (Å²) in [6, 6.07) is 1.02. The van der Waals surface area contributed by atoms with Crippen molar-refractivity contribution in [1.29, 1.82) is 0 Å². The van der Waals surface area contributed by atoms with Gasteiger partial charge in [0.05, 0.1) is 0 Å². The summed E-state index contributed by atoms with van der Waals surface area (Å²) >= 11 is 11.6. The summed E-state index contributed by atoms with van der Waals surface area (Å²) in [5.74, 6) is 0. The predicted octanol–water partition coefficient (Wildman–Crippen LogP) is 2.86. The highest BCUT2D eigenvalue weighted by molar-refractivity contribution is 7.06. The van der Waals surface area contributed by atoms with Crippen molar-refractivity contribution < 1.29 is 0 Å². The summed E-state index contributed by atoms with van der Waals surface area (Å²) in [7, 11) is -0.606. The molecule has 0 bridgehead atoms. The van der Waals surface area contributed by atoms with Gasteiger partial charge in [-0.05, 0) is 12.5 Å². The lowest BCUT2D eigenvalue weighted by molar-refractivity contribution is 0.888. The highest BCUT2D eigenvalue weighted by Crippen LogP contribution is 2.11. The molecule has 0 aromatic heterocycles. The minimum Gasteiger partial charge on any atom is -0.169 e. The summed E-state index contributed by atoms with van der Waals surface area (Å²) in [4.78, 5) is 0. The monoisotopic (exact) mass is 169 g/mol. The molecule has 1 unspecified atom stereocenters. The first-order chi connectivity index (χ1) is 3.66. The molecule has 0 nitrogen and oxygen atoms in total. The predicted molar refractivity (Wildman–Crippen MR) is 42.2 cm³/mol. The van der Waals surface area contributed by atoms with E-state index in [0.29, 0.717) is 5.38 Å². The average Bonchev–Trinajstić information content (AvgIpc) is 1.65. The molecule has 0 saturated carbocycles. The molecule has 0 N–H and O–H groups in total. The Balaban J connectivity index is 3.10. The van der Waals surface area contributed by atoms with Crippen LogP contribution >= 0.6 is 22.7 Å². The quantitative estimate of drug-likeness (QED) is 0.347. The van der Waals surface area contributed by atoms with Crippen LogP contribution in [-0.4, -0.2) is 13.5 Å². The van der Waals surface area contributed by atoms with Crippen LogP contribution in [0.2, 0.25) is 12.6 Å². The van der Waals surface area contributed by atoms with Gasteiger partial charge in [0.25, 0.3) is 0 Å². The number of hydrogen-bond acceptors (Lipinski definition) is 0. The van der Waals surface area contributed by atoms with E-state index >= 15 is 0 Å². The van der Waals surface area contributed by atoms with Gasteiger partial charge in [-0.15, -0.1) is 11.6 Å². The van der Waals surface area contributed by atoms with E-state index in [1.165, 1.54) is 0 Å². The first-order valence-corrected chi connectivity index (χ1v) is 6.44. The van der Waals surface area contributed by atoms with Crippen LogP contribution in [0.25, 0.3) is 0 Å². The van der Waals surface area contributed by atoms with Gasteiger partial charge in [0.15, 0.2) is 8.11 Å². The Kier molecular flexibility index (Phi) is 5.12. The van der Waals surface area contributed by atoms with Crippen molar-refractivity contribution in [2.75, 3.05) is 0 Å². The molecule has 0 aliphatic carbocycles. The maximum absolute atomic E-state index is 5.80. The summed E-state index contributed by atoms with van der Waals surface area (Å²) < 4.78 is 0. The Morgan fingerprint density at radius 1 is 1.62 bits per heavy atom. The van der Waals surface area contributed by atoms with Crippen LogP contribution in [0.4, 0.5) is 0 Å². The van der Waals surface area contributed by atoms with Gasteiger partial charge in [0, 0.05) is 5.38 Å². The Labute approximate surface area is 62.5 Å². The Morgan fingerprint density at radius 3 is 2.25 bits per heavy atom. The van der Waals surface area contributed by atoms with Crippen molar-refractivity contribution in [1.82, 2.24) is 0 Å². The lowest BCUT2D eigenvalue weighted by atomic mass is 10.4. The Morgan fingerprint density at radius 2 is 2.12 bits per heavy atom. The second kappa shape index (κ2) is 4.65. The molecule has 0 aromatic rings. The topological polar surface area (TPSA) is 0 Å². The summed E-state index contributed by atoms with van der Waals surface area (Å²) in [5, 5.41) is 0.311. The molecule has 0 spiro atoms. The van der Waals surface area contributed by atoms with Gasteiger partial charge in [0.2, 0.25) is 0 Å². The van der Waals surface area contributed by atoms with Gasteiger partial charge in [-0.25, -0.2) is 0 Å². The third kappa shape index (κ3) is 4.94. The standard InChI is InChI=1S/C5H11Cl2Si/c1-3-5(6)4-8(2)7/h5H,3-4H2,1-2H3. The van der Waals surface area contributed by atoms with Crippen LogP contribution in [-0.2, 0) is 0 Å². The largest absolute Gasteiger partial charge is 0.169 e. The molecular weight excluding hydrogens is 159 g/mol. The molecule has 0 fully saturated rings.